The van der Waals surface area contributed by atoms with Crippen molar-refractivity contribution >= 4 is 12.1 Å². The highest BCUT2D eigenvalue weighted by molar-refractivity contribution is 5.99. The second-order valence-electron chi connectivity index (χ2n) is 4.25. The van der Waals surface area contributed by atoms with Gasteiger partial charge in [0.2, 0.25) is 0 Å². The van der Waals surface area contributed by atoms with Gasteiger partial charge in [-0.3, -0.25) is 14.6 Å². The third-order valence-electron chi connectivity index (χ3n) is 2.91. The first-order chi connectivity index (χ1) is 8.54. The smallest absolute Gasteiger partial charge is 0.176 e. The number of aromatic nitrogens is 2. The van der Waals surface area contributed by atoms with Crippen LogP contribution in [0.3, 0.4) is 0 Å². The van der Waals surface area contributed by atoms with Crippen molar-refractivity contribution in [3.63, 3.8) is 0 Å². The highest BCUT2D eigenvalue weighted by atomic mass is 16.1. The Hall–Kier alpha value is -2.23. The van der Waals surface area contributed by atoms with E-state index >= 15 is 0 Å². The number of nitrogens with one attached hydrogen (secondary N) is 1. The number of nitrogens with zero attached hydrogens (tertiary/aromatic N) is 1. The highest BCUT2D eigenvalue weighted by Crippen LogP contribution is 2.25. The number of carbonyl (C=O) groups excluding carboxylic acids is 2. The summed E-state index contributed by atoms with van der Waals surface area (Å²) in [6.07, 6.45) is 0.762. The lowest BCUT2D eigenvalue weighted by Crippen LogP contribution is -1.95. The summed E-state index contributed by atoms with van der Waals surface area (Å²) in [4.78, 5) is 30.0. The van der Waals surface area contributed by atoms with Crippen LogP contribution >= 0.6 is 0 Å². The lowest BCUT2D eigenvalue weighted by Gasteiger charge is -2.00. The lowest BCUT2D eigenvalue weighted by molar-refractivity contribution is 0.101. The minimum Gasteiger partial charge on any atom is -0.350 e. The van der Waals surface area contributed by atoms with Gasteiger partial charge in [0.25, 0.3) is 0 Å². The van der Waals surface area contributed by atoms with Gasteiger partial charge in [-0.05, 0) is 31.5 Å². The van der Waals surface area contributed by atoms with E-state index in [2.05, 4.69) is 9.97 Å². The summed E-state index contributed by atoms with van der Waals surface area (Å²) in [5.74, 6) is -0.0884. The third-order valence-corrected chi connectivity index (χ3v) is 2.91. The first-order valence-electron chi connectivity index (χ1n) is 5.67. The molecule has 0 saturated carbocycles. The van der Waals surface area contributed by atoms with Gasteiger partial charge in [0.15, 0.2) is 12.1 Å². The fourth-order valence-electron chi connectivity index (χ4n) is 1.99. The number of H-pyrrole nitrogens is 1. The number of hydrogen-bond donors (Lipinski definition) is 1. The van der Waals surface area contributed by atoms with Crippen molar-refractivity contribution in [2.75, 3.05) is 0 Å². The van der Waals surface area contributed by atoms with E-state index in [1.54, 1.807) is 6.92 Å². The van der Waals surface area contributed by atoms with Crippen LogP contribution in [0.15, 0.2) is 18.2 Å². The maximum atomic E-state index is 11.5. The van der Waals surface area contributed by atoms with Crippen molar-refractivity contribution in [1.82, 2.24) is 9.97 Å². The Kier molecular flexibility index (Phi) is 3.10. The molecule has 2 heterocycles. The fourth-order valence-corrected chi connectivity index (χ4v) is 1.99. The molecule has 0 atom stereocenters. The van der Waals surface area contributed by atoms with Crippen LogP contribution in [0.1, 0.15) is 39.0 Å². The van der Waals surface area contributed by atoms with Crippen molar-refractivity contribution in [2.45, 2.75) is 20.8 Å². The van der Waals surface area contributed by atoms with Gasteiger partial charge in [0, 0.05) is 18.2 Å². The summed E-state index contributed by atoms with van der Waals surface area (Å²) in [5.41, 5.74) is 3.79. The topological polar surface area (TPSA) is 62.8 Å². The van der Waals surface area contributed by atoms with E-state index < -0.39 is 0 Å². The van der Waals surface area contributed by atoms with E-state index in [0.717, 1.165) is 12.0 Å². The predicted octanol–water partition coefficient (Wildman–Crippen LogP) is 2.71. The molecule has 0 aliphatic carbocycles. The molecule has 4 heteroatoms. The van der Waals surface area contributed by atoms with Crippen LogP contribution in [0, 0.1) is 13.8 Å². The molecular weight excluding hydrogens is 228 g/mol. The molecule has 0 amide bonds. The van der Waals surface area contributed by atoms with Crippen LogP contribution in [0.2, 0.25) is 0 Å². The van der Waals surface area contributed by atoms with Gasteiger partial charge in [-0.2, -0.15) is 0 Å². The zero-order valence-corrected chi connectivity index (χ0v) is 10.6. The van der Waals surface area contributed by atoms with Crippen molar-refractivity contribution in [1.29, 1.82) is 0 Å². The minimum atomic E-state index is -0.0884. The highest BCUT2D eigenvalue weighted by Gasteiger charge is 2.18. The molecule has 2 aromatic rings. The Morgan fingerprint density at radius 1 is 1.33 bits per heavy atom. The van der Waals surface area contributed by atoms with E-state index in [1.807, 2.05) is 25.1 Å². The van der Waals surface area contributed by atoms with E-state index in [0.29, 0.717) is 28.2 Å². The number of ketones is 1. The average molecular weight is 242 g/mol. The SMILES string of the molecule is CC(=O)c1[nH]c(-c2cccc(C)n2)c(C=O)c1C. The van der Waals surface area contributed by atoms with Gasteiger partial charge in [-0.25, -0.2) is 0 Å². The number of carbonyl (C=O) groups is 2. The summed E-state index contributed by atoms with van der Waals surface area (Å²) < 4.78 is 0. The Balaban J connectivity index is 2.68. The van der Waals surface area contributed by atoms with Gasteiger partial charge in [-0.15, -0.1) is 0 Å². The van der Waals surface area contributed by atoms with Crippen molar-refractivity contribution in [2.24, 2.45) is 0 Å². The monoisotopic (exact) mass is 242 g/mol. The van der Waals surface area contributed by atoms with E-state index in [9.17, 15) is 9.59 Å². The summed E-state index contributed by atoms with van der Waals surface area (Å²) >= 11 is 0. The molecule has 0 aliphatic rings. The number of aldehydes is 1. The first kappa shape index (κ1) is 12.2. The molecule has 0 aliphatic heterocycles. The second kappa shape index (κ2) is 4.56. The number of pyridine rings is 1. The molecular formula is C14H14N2O2. The molecule has 4 nitrogen and oxygen atoms in total. The Morgan fingerprint density at radius 3 is 2.61 bits per heavy atom. The second-order valence-corrected chi connectivity index (χ2v) is 4.25. The number of Topliss-reactive ketones (excluding diaryl/α,β-unsaturated/α-hetero) is 1. The summed E-state index contributed by atoms with van der Waals surface area (Å²) in [7, 11) is 0. The molecule has 0 bridgehead atoms. The molecule has 0 fully saturated rings. The zero-order valence-electron chi connectivity index (χ0n) is 10.6. The Morgan fingerprint density at radius 2 is 2.06 bits per heavy atom. The molecule has 0 spiro atoms. The molecule has 92 valence electrons. The lowest BCUT2D eigenvalue weighted by atomic mass is 10.1. The van der Waals surface area contributed by atoms with Crippen molar-refractivity contribution < 1.29 is 9.59 Å². The van der Waals surface area contributed by atoms with Crippen LogP contribution in [-0.2, 0) is 0 Å². The van der Waals surface area contributed by atoms with Crippen molar-refractivity contribution in [3.05, 3.63) is 40.7 Å². The summed E-state index contributed by atoms with van der Waals surface area (Å²) in [6.45, 7) is 5.11. The quantitative estimate of drug-likeness (QED) is 0.665. The Labute approximate surface area is 105 Å². The average Bonchev–Trinajstić information content (AvgIpc) is 2.66. The fraction of sp³-hybridized carbons (Fsp3) is 0.214. The molecule has 0 unspecified atom stereocenters. The number of hydrogen-bond acceptors (Lipinski definition) is 3. The van der Waals surface area contributed by atoms with Crippen molar-refractivity contribution in [3.8, 4) is 11.4 Å². The standard InChI is InChI=1S/C14H14N2O2/c1-8-5-4-6-12(15-8)14-11(7-17)9(2)13(16-14)10(3)18/h4-7,16H,1-3H3. The van der Waals surface area contributed by atoms with E-state index in [4.69, 9.17) is 0 Å². The van der Waals surface area contributed by atoms with Gasteiger partial charge in [0.05, 0.1) is 17.1 Å². The molecule has 2 aromatic heterocycles. The Bertz CT molecular complexity index is 627. The van der Waals surface area contributed by atoms with E-state index in [1.165, 1.54) is 6.92 Å². The normalized spacial score (nSPS) is 10.4. The molecule has 18 heavy (non-hydrogen) atoms. The maximum absolute atomic E-state index is 11.5. The number of rotatable bonds is 3. The molecule has 1 N–H and O–H groups in total. The van der Waals surface area contributed by atoms with Gasteiger partial charge in [-0.1, -0.05) is 6.07 Å². The number of aromatic amines is 1. The van der Waals surface area contributed by atoms with Gasteiger partial charge in [0.1, 0.15) is 0 Å². The van der Waals surface area contributed by atoms with Crippen LogP contribution in [0.4, 0.5) is 0 Å². The predicted molar refractivity (Wildman–Crippen MR) is 68.9 cm³/mol. The molecule has 0 radical (unpaired) electrons. The summed E-state index contributed by atoms with van der Waals surface area (Å²) in [6, 6.07) is 5.57. The summed E-state index contributed by atoms with van der Waals surface area (Å²) in [5, 5.41) is 0. The van der Waals surface area contributed by atoms with Gasteiger partial charge >= 0.3 is 0 Å². The van der Waals surface area contributed by atoms with Crippen LogP contribution in [-0.4, -0.2) is 22.0 Å². The van der Waals surface area contributed by atoms with E-state index in [-0.39, 0.29) is 5.78 Å². The molecule has 2 rings (SSSR count). The third kappa shape index (κ3) is 1.97. The zero-order chi connectivity index (χ0) is 13.3. The van der Waals surface area contributed by atoms with Crippen LogP contribution in [0.5, 0.6) is 0 Å². The van der Waals surface area contributed by atoms with Crippen LogP contribution < -0.4 is 0 Å². The van der Waals surface area contributed by atoms with Crippen LogP contribution in [0.25, 0.3) is 11.4 Å². The largest absolute Gasteiger partial charge is 0.350 e. The molecule has 0 aromatic carbocycles. The maximum Gasteiger partial charge on any atom is 0.176 e. The van der Waals surface area contributed by atoms with Gasteiger partial charge < -0.3 is 4.98 Å². The first-order valence-corrected chi connectivity index (χ1v) is 5.67. The minimum absolute atomic E-state index is 0.0884. The molecule has 0 saturated heterocycles. The number of aryl methyl sites for hydroxylation is 1.